The molecule has 1 aliphatic heterocycles. The molecule has 1 heterocycles. The zero-order valence-electron chi connectivity index (χ0n) is 18.8. The smallest absolute Gasteiger partial charge is 0.335 e. The molecular formula is C24H31N5O4. The van der Waals surface area contributed by atoms with Gasteiger partial charge in [-0.15, -0.1) is 0 Å². The van der Waals surface area contributed by atoms with Gasteiger partial charge in [-0.25, -0.2) is 10.2 Å². The van der Waals surface area contributed by atoms with Crippen LogP contribution in [0.2, 0.25) is 0 Å². The van der Waals surface area contributed by atoms with E-state index >= 15 is 0 Å². The number of nitro benzene ring substituents is 1. The minimum atomic E-state index is -0.391. The maximum atomic E-state index is 12.2. The van der Waals surface area contributed by atoms with Crippen molar-refractivity contribution in [2.24, 2.45) is 5.10 Å². The lowest BCUT2D eigenvalue weighted by atomic mass is 9.96. The molecule has 2 N–H and O–H groups in total. The summed E-state index contributed by atoms with van der Waals surface area (Å²) in [5.74, 6) is 0. The van der Waals surface area contributed by atoms with Crippen molar-refractivity contribution in [1.29, 1.82) is 0 Å². The molecule has 33 heavy (non-hydrogen) atoms. The molecule has 176 valence electrons. The van der Waals surface area contributed by atoms with Crippen LogP contribution in [0.3, 0.4) is 0 Å². The van der Waals surface area contributed by atoms with Gasteiger partial charge in [-0.05, 0) is 60.6 Å². The van der Waals surface area contributed by atoms with Crippen molar-refractivity contribution in [3.8, 4) is 0 Å². The average Bonchev–Trinajstić information content (AvgIpc) is 3.22. The third kappa shape index (κ3) is 6.19. The Kier molecular flexibility index (Phi) is 7.72. The standard InChI is InChI=1S/C24H31N5O4/c30-24(26-21-4-2-1-3-5-21)27-25-17-20-9-8-19(23(20)28-12-14-33-15-13-28)16-18-6-10-22(11-7-18)29(31)32/h6-7,10-11,16-17,21H,1-5,8-9,12-15H2,(H2,26,27,30)/b19-16+,25-17+. The van der Waals surface area contributed by atoms with Gasteiger partial charge in [-0.1, -0.05) is 19.3 Å². The topological polar surface area (TPSA) is 109 Å². The molecule has 0 aromatic heterocycles. The second-order valence-corrected chi connectivity index (χ2v) is 8.67. The monoisotopic (exact) mass is 453 g/mol. The number of allylic oxidation sites excluding steroid dienone is 2. The Balaban J connectivity index is 1.48. The zero-order valence-corrected chi connectivity index (χ0v) is 18.8. The van der Waals surface area contributed by atoms with Gasteiger partial charge in [0.25, 0.3) is 5.69 Å². The van der Waals surface area contributed by atoms with Crippen molar-refractivity contribution < 1.29 is 14.5 Å². The molecule has 2 fully saturated rings. The first-order valence-electron chi connectivity index (χ1n) is 11.7. The molecule has 1 aromatic carbocycles. The van der Waals surface area contributed by atoms with E-state index in [-0.39, 0.29) is 17.8 Å². The van der Waals surface area contributed by atoms with E-state index in [0.717, 1.165) is 68.4 Å². The molecule has 4 rings (SSSR count). The van der Waals surface area contributed by atoms with Crippen LogP contribution in [0.5, 0.6) is 0 Å². The fourth-order valence-corrected chi connectivity index (χ4v) is 4.70. The van der Waals surface area contributed by atoms with E-state index in [1.54, 1.807) is 18.3 Å². The van der Waals surface area contributed by atoms with Crippen molar-refractivity contribution in [1.82, 2.24) is 15.6 Å². The van der Waals surface area contributed by atoms with Crippen molar-refractivity contribution in [2.75, 3.05) is 26.3 Å². The molecule has 1 saturated heterocycles. The number of hydrogen-bond donors (Lipinski definition) is 2. The van der Waals surface area contributed by atoms with Gasteiger partial charge in [0, 0.05) is 37.0 Å². The normalized spacial score (nSPS) is 21.1. The van der Waals surface area contributed by atoms with E-state index < -0.39 is 4.92 Å². The van der Waals surface area contributed by atoms with Crippen molar-refractivity contribution in [2.45, 2.75) is 51.0 Å². The highest BCUT2D eigenvalue weighted by molar-refractivity contribution is 5.85. The van der Waals surface area contributed by atoms with Crippen molar-refractivity contribution in [3.63, 3.8) is 0 Å². The van der Waals surface area contributed by atoms with E-state index in [1.165, 1.54) is 24.1 Å². The Labute approximate surface area is 193 Å². The van der Waals surface area contributed by atoms with Crippen LogP contribution < -0.4 is 10.7 Å². The fraction of sp³-hybridized carbons (Fsp3) is 0.500. The van der Waals surface area contributed by atoms with Crippen LogP contribution in [0.4, 0.5) is 10.5 Å². The zero-order chi connectivity index (χ0) is 23.0. The van der Waals surface area contributed by atoms with Gasteiger partial charge in [-0.2, -0.15) is 5.10 Å². The van der Waals surface area contributed by atoms with E-state index in [0.29, 0.717) is 13.2 Å². The summed E-state index contributed by atoms with van der Waals surface area (Å²) < 4.78 is 5.52. The number of ether oxygens (including phenoxy) is 1. The van der Waals surface area contributed by atoms with E-state index in [4.69, 9.17) is 4.74 Å². The van der Waals surface area contributed by atoms with Gasteiger partial charge in [-0.3, -0.25) is 10.1 Å². The highest BCUT2D eigenvalue weighted by Crippen LogP contribution is 2.35. The average molecular weight is 454 g/mol. The number of non-ortho nitro benzene ring substituents is 1. The van der Waals surface area contributed by atoms with Crippen LogP contribution in [0.15, 0.2) is 46.2 Å². The highest BCUT2D eigenvalue weighted by atomic mass is 16.6. The number of rotatable bonds is 6. The van der Waals surface area contributed by atoms with Crippen molar-refractivity contribution in [3.05, 3.63) is 56.8 Å². The highest BCUT2D eigenvalue weighted by Gasteiger charge is 2.25. The quantitative estimate of drug-likeness (QED) is 0.385. The van der Waals surface area contributed by atoms with E-state index in [9.17, 15) is 14.9 Å². The first-order valence-corrected chi connectivity index (χ1v) is 11.7. The summed E-state index contributed by atoms with van der Waals surface area (Å²) in [6.45, 7) is 2.92. The fourth-order valence-electron chi connectivity index (χ4n) is 4.70. The first-order chi connectivity index (χ1) is 16.1. The number of carbonyl (C=O) groups excluding carboxylic acids is 1. The van der Waals surface area contributed by atoms with E-state index in [1.807, 2.05) is 0 Å². The number of nitrogens with zero attached hydrogens (tertiary/aromatic N) is 3. The van der Waals surface area contributed by atoms with Crippen LogP contribution in [0.25, 0.3) is 6.08 Å². The molecule has 0 radical (unpaired) electrons. The molecule has 1 saturated carbocycles. The van der Waals surface area contributed by atoms with Crippen LogP contribution in [0.1, 0.15) is 50.5 Å². The van der Waals surface area contributed by atoms with Gasteiger partial charge in [0.05, 0.1) is 24.4 Å². The molecule has 1 aromatic rings. The second-order valence-electron chi connectivity index (χ2n) is 8.67. The minimum absolute atomic E-state index is 0.0814. The maximum Gasteiger partial charge on any atom is 0.335 e. The Hall–Kier alpha value is -3.20. The SMILES string of the molecule is O=C(N/N=C/C1=C(N2CCOCC2)C(=C/c2ccc([N+](=O)[O-])cc2)/CC1)NC1CCCCC1. The lowest BCUT2D eigenvalue weighted by molar-refractivity contribution is -0.384. The summed E-state index contributed by atoms with van der Waals surface area (Å²) >= 11 is 0. The minimum Gasteiger partial charge on any atom is -0.378 e. The summed E-state index contributed by atoms with van der Waals surface area (Å²) in [4.78, 5) is 25.1. The van der Waals surface area contributed by atoms with Gasteiger partial charge >= 0.3 is 6.03 Å². The predicted molar refractivity (Wildman–Crippen MR) is 127 cm³/mol. The van der Waals surface area contributed by atoms with Crippen molar-refractivity contribution >= 4 is 24.0 Å². The largest absolute Gasteiger partial charge is 0.378 e. The number of amides is 2. The Morgan fingerprint density at radius 2 is 1.85 bits per heavy atom. The van der Waals surface area contributed by atoms with Gasteiger partial charge < -0.3 is 15.0 Å². The molecular weight excluding hydrogens is 422 g/mol. The van der Waals surface area contributed by atoms with Gasteiger partial charge in [0.1, 0.15) is 0 Å². The summed E-state index contributed by atoms with van der Waals surface area (Å²) in [6.07, 6.45) is 11.1. The third-order valence-corrected chi connectivity index (χ3v) is 6.37. The number of hydrazone groups is 1. The van der Waals surface area contributed by atoms with Crippen LogP contribution in [-0.2, 0) is 4.74 Å². The Morgan fingerprint density at radius 3 is 2.55 bits per heavy atom. The first kappa shape index (κ1) is 23.0. The molecule has 0 atom stereocenters. The number of urea groups is 1. The number of hydrogen-bond acceptors (Lipinski definition) is 6. The predicted octanol–water partition coefficient (Wildman–Crippen LogP) is 3.98. The van der Waals surface area contributed by atoms with Crippen LogP contribution in [-0.4, -0.2) is 54.4 Å². The Morgan fingerprint density at radius 1 is 1.12 bits per heavy atom. The molecule has 3 aliphatic rings. The van der Waals surface area contributed by atoms with Gasteiger partial charge in [0.15, 0.2) is 0 Å². The number of morpholine rings is 1. The van der Waals surface area contributed by atoms with E-state index in [2.05, 4.69) is 26.8 Å². The summed E-state index contributed by atoms with van der Waals surface area (Å²) in [7, 11) is 0. The lowest BCUT2D eigenvalue weighted by Gasteiger charge is -2.31. The summed E-state index contributed by atoms with van der Waals surface area (Å²) in [6, 6.07) is 6.57. The summed E-state index contributed by atoms with van der Waals surface area (Å²) in [5, 5.41) is 18.2. The molecule has 0 bridgehead atoms. The van der Waals surface area contributed by atoms with Crippen LogP contribution in [0, 0.1) is 10.1 Å². The molecule has 2 amide bonds. The van der Waals surface area contributed by atoms with Gasteiger partial charge in [0.2, 0.25) is 0 Å². The summed E-state index contributed by atoms with van der Waals surface area (Å²) in [5.41, 5.74) is 6.98. The Bertz CT molecular complexity index is 942. The third-order valence-electron chi connectivity index (χ3n) is 6.37. The number of nitrogens with one attached hydrogen (secondary N) is 2. The second kappa shape index (κ2) is 11.1. The lowest BCUT2D eigenvalue weighted by Crippen LogP contribution is -2.41. The molecule has 0 unspecified atom stereocenters. The number of nitro groups is 1. The molecule has 9 heteroatoms. The maximum absolute atomic E-state index is 12.2. The molecule has 2 aliphatic carbocycles. The molecule has 0 spiro atoms. The number of benzene rings is 1. The number of carbonyl (C=O) groups is 1. The van der Waals surface area contributed by atoms with Crippen LogP contribution >= 0.6 is 0 Å². The molecule has 9 nitrogen and oxygen atoms in total.